The molecule has 2 atom stereocenters. The zero-order valence-electron chi connectivity index (χ0n) is 17.6. The summed E-state index contributed by atoms with van der Waals surface area (Å²) in [4.78, 5) is 19.4. The first-order valence-corrected chi connectivity index (χ1v) is 12.0. The SMILES string of the molecule is Cc1c[nH]c2cccc(OP(=O)(O)Oc3cccc4[nH]cc(CC5CCCN5C)c34)c12. The van der Waals surface area contributed by atoms with Crippen molar-refractivity contribution in [3.63, 3.8) is 0 Å². The van der Waals surface area contributed by atoms with Crippen LogP contribution in [0.15, 0.2) is 48.8 Å². The zero-order chi connectivity index (χ0) is 21.6. The van der Waals surface area contributed by atoms with Crippen LogP contribution in [0, 0.1) is 6.92 Å². The van der Waals surface area contributed by atoms with Gasteiger partial charge in [0.25, 0.3) is 0 Å². The van der Waals surface area contributed by atoms with Crippen molar-refractivity contribution in [2.45, 2.75) is 32.2 Å². The molecule has 0 bridgehead atoms. The maximum absolute atomic E-state index is 13.0. The number of likely N-dealkylation sites (N-methyl/N-ethyl adjacent to an activating group) is 1. The second-order valence-corrected chi connectivity index (χ2v) is 9.58. The summed E-state index contributed by atoms with van der Waals surface area (Å²) < 4.78 is 24.1. The molecule has 162 valence electrons. The smallest absolute Gasteiger partial charge is 0.394 e. The number of nitrogens with zero attached hydrogens (tertiary/aromatic N) is 1. The molecule has 5 rings (SSSR count). The van der Waals surface area contributed by atoms with Crippen molar-refractivity contribution in [3.8, 4) is 11.5 Å². The minimum absolute atomic E-state index is 0.316. The molecule has 2 aromatic heterocycles. The molecule has 1 saturated heterocycles. The van der Waals surface area contributed by atoms with Gasteiger partial charge in [0.2, 0.25) is 0 Å². The predicted molar refractivity (Wildman–Crippen MR) is 122 cm³/mol. The highest BCUT2D eigenvalue weighted by atomic mass is 31.2. The Morgan fingerprint density at radius 1 is 1.06 bits per heavy atom. The van der Waals surface area contributed by atoms with E-state index in [-0.39, 0.29) is 0 Å². The fourth-order valence-corrected chi connectivity index (χ4v) is 5.45. The minimum atomic E-state index is -4.42. The van der Waals surface area contributed by atoms with E-state index in [9.17, 15) is 9.46 Å². The van der Waals surface area contributed by atoms with Gasteiger partial charge in [-0.3, -0.25) is 4.89 Å². The maximum atomic E-state index is 13.0. The van der Waals surface area contributed by atoms with Crippen molar-refractivity contribution < 1.29 is 18.5 Å². The van der Waals surface area contributed by atoms with E-state index in [0.717, 1.165) is 52.3 Å². The van der Waals surface area contributed by atoms with Crippen LogP contribution in [0.25, 0.3) is 21.8 Å². The van der Waals surface area contributed by atoms with E-state index in [2.05, 4.69) is 21.9 Å². The van der Waals surface area contributed by atoms with Crippen LogP contribution in [0.3, 0.4) is 0 Å². The molecule has 31 heavy (non-hydrogen) atoms. The first-order valence-electron chi connectivity index (χ1n) is 10.5. The standard InChI is InChI=1S/C23H26N3O4P/c1-15-13-24-18-7-3-9-20(22(15)18)29-31(27,28)30-21-10-4-8-19-23(21)16(14-25-19)12-17-6-5-11-26(17)2/h3-4,7-10,13-14,17,24-25H,5-6,11-12H2,1-2H3,(H,27,28). The Balaban J connectivity index is 1.46. The molecule has 8 heteroatoms. The third kappa shape index (κ3) is 3.85. The first kappa shape index (κ1) is 20.2. The monoisotopic (exact) mass is 439 g/mol. The molecule has 2 aromatic carbocycles. The van der Waals surface area contributed by atoms with Crippen LogP contribution in [-0.2, 0) is 11.0 Å². The lowest BCUT2D eigenvalue weighted by Crippen LogP contribution is -2.26. The van der Waals surface area contributed by atoms with Gasteiger partial charge in [0.05, 0.1) is 0 Å². The molecular formula is C23H26N3O4P. The lowest BCUT2D eigenvalue weighted by atomic mass is 10.0. The number of aromatic nitrogens is 2. The highest BCUT2D eigenvalue weighted by Crippen LogP contribution is 2.48. The van der Waals surface area contributed by atoms with E-state index in [1.807, 2.05) is 31.5 Å². The number of fused-ring (bicyclic) bond motifs is 2. The van der Waals surface area contributed by atoms with Gasteiger partial charge < -0.3 is 23.9 Å². The van der Waals surface area contributed by atoms with Gasteiger partial charge in [-0.25, -0.2) is 4.57 Å². The molecule has 2 unspecified atom stereocenters. The molecule has 0 aliphatic carbocycles. The van der Waals surface area contributed by atoms with E-state index in [1.54, 1.807) is 24.3 Å². The fourth-order valence-electron chi connectivity index (χ4n) is 4.61. The molecule has 1 aliphatic heterocycles. The molecule has 0 amide bonds. The molecule has 4 aromatic rings. The summed E-state index contributed by atoms with van der Waals surface area (Å²) in [5.41, 5.74) is 3.72. The Hall–Kier alpha value is -2.73. The van der Waals surface area contributed by atoms with Crippen molar-refractivity contribution in [1.82, 2.24) is 14.9 Å². The van der Waals surface area contributed by atoms with Gasteiger partial charge >= 0.3 is 7.82 Å². The Morgan fingerprint density at radius 2 is 1.71 bits per heavy atom. The number of hydrogen-bond donors (Lipinski definition) is 3. The Labute approximate surface area is 180 Å². The average molecular weight is 439 g/mol. The molecule has 3 heterocycles. The fraction of sp³-hybridized carbons (Fsp3) is 0.304. The van der Waals surface area contributed by atoms with Gasteiger partial charge in [-0.05, 0) is 75.2 Å². The van der Waals surface area contributed by atoms with E-state index in [0.29, 0.717) is 17.5 Å². The van der Waals surface area contributed by atoms with E-state index >= 15 is 0 Å². The molecule has 3 N–H and O–H groups in total. The lowest BCUT2D eigenvalue weighted by molar-refractivity contribution is 0.293. The third-order valence-corrected chi connectivity index (χ3v) is 7.02. The van der Waals surface area contributed by atoms with Crippen molar-refractivity contribution in [1.29, 1.82) is 0 Å². The minimum Gasteiger partial charge on any atom is -0.394 e. The average Bonchev–Trinajstić information content (AvgIpc) is 3.43. The zero-order valence-corrected chi connectivity index (χ0v) is 18.5. The second kappa shape index (κ2) is 7.75. The first-order chi connectivity index (χ1) is 14.9. The quantitative estimate of drug-likeness (QED) is 0.362. The van der Waals surface area contributed by atoms with Gasteiger partial charge in [0.1, 0.15) is 11.5 Å². The van der Waals surface area contributed by atoms with E-state index < -0.39 is 7.82 Å². The molecule has 0 saturated carbocycles. The molecular weight excluding hydrogens is 413 g/mol. The normalized spacial score (nSPS) is 19.1. The summed E-state index contributed by atoms with van der Waals surface area (Å²) in [5.74, 6) is 0.661. The Morgan fingerprint density at radius 3 is 2.39 bits per heavy atom. The number of H-pyrrole nitrogens is 2. The van der Waals surface area contributed by atoms with Crippen LogP contribution in [0.1, 0.15) is 24.0 Å². The lowest BCUT2D eigenvalue weighted by Gasteiger charge is -2.19. The number of likely N-dealkylation sites (tertiary alicyclic amines) is 1. The number of hydrogen-bond acceptors (Lipinski definition) is 4. The molecule has 0 radical (unpaired) electrons. The predicted octanol–water partition coefficient (Wildman–Crippen LogP) is 5.15. The van der Waals surface area contributed by atoms with Gasteiger partial charge in [-0.2, -0.15) is 0 Å². The second-order valence-electron chi connectivity index (χ2n) is 8.27. The molecule has 0 spiro atoms. The topological polar surface area (TPSA) is 90.6 Å². The number of rotatable bonds is 6. The summed E-state index contributed by atoms with van der Waals surface area (Å²) in [5, 5.41) is 1.60. The van der Waals surface area contributed by atoms with Crippen molar-refractivity contribution in [2.24, 2.45) is 0 Å². The third-order valence-electron chi connectivity index (χ3n) is 6.17. The Kier molecular flexibility index (Phi) is 5.05. The summed E-state index contributed by atoms with van der Waals surface area (Å²) in [7, 11) is -2.28. The number of nitrogens with one attached hydrogen (secondary N) is 2. The summed E-state index contributed by atoms with van der Waals surface area (Å²) >= 11 is 0. The van der Waals surface area contributed by atoms with Crippen LogP contribution in [0.4, 0.5) is 0 Å². The molecule has 1 fully saturated rings. The van der Waals surface area contributed by atoms with Crippen molar-refractivity contribution in [2.75, 3.05) is 13.6 Å². The number of aryl methyl sites for hydroxylation is 1. The van der Waals surface area contributed by atoms with Gasteiger partial charge in [-0.1, -0.05) is 12.1 Å². The van der Waals surface area contributed by atoms with Crippen LogP contribution in [0.5, 0.6) is 11.5 Å². The van der Waals surface area contributed by atoms with Gasteiger partial charge in [0, 0.05) is 40.2 Å². The van der Waals surface area contributed by atoms with Crippen molar-refractivity contribution >= 4 is 29.6 Å². The maximum Gasteiger partial charge on any atom is 0.584 e. The number of phosphoric acid groups is 1. The van der Waals surface area contributed by atoms with Crippen LogP contribution < -0.4 is 9.05 Å². The summed E-state index contributed by atoms with van der Waals surface area (Å²) in [6.45, 7) is 3.02. The number of phosphoric ester groups is 1. The van der Waals surface area contributed by atoms with Crippen LogP contribution in [-0.4, -0.2) is 39.4 Å². The van der Waals surface area contributed by atoms with E-state index in [4.69, 9.17) is 9.05 Å². The summed E-state index contributed by atoms with van der Waals surface area (Å²) in [6.07, 6.45) is 7.00. The molecule has 1 aliphatic rings. The van der Waals surface area contributed by atoms with Crippen LogP contribution in [0.2, 0.25) is 0 Å². The Bertz CT molecular complexity index is 1290. The summed E-state index contributed by atoms with van der Waals surface area (Å²) in [6, 6.07) is 11.3. The van der Waals surface area contributed by atoms with Gasteiger partial charge in [0.15, 0.2) is 0 Å². The highest BCUT2D eigenvalue weighted by Gasteiger charge is 2.29. The highest BCUT2D eigenvalue weighted by molar-refractivity contribution is 7.48. The number of benzene rings is 2. The van der Waals surface area contributed by atoms with E-state index in [1.165, 1.54) is 6.42 Å². The number of aromatic amines is 2. The largest absolute Gasteiger partial charge is 0.584 e. The van der Waals surface area contributed by atoms with Crippen LogP contribution >= 0.6 is 7.82 Å². The van der Waals surface area contributed by atoms with Crippen molar-refractivity contribution in [3.05, 3.63) is 59.9 Å². The van der Waals surface area contributed by atoms with Gasteiger partial charge in [-0.15, -0.1) is 0 Å². The molecule has 7 nitrogen and oxygen atoms in total.